The van der Waals surface area contributed by atoms with Crippen LogP contribution in [0.15, 0.2) is 54.6 Å². The van der Waals surface area contributed by atoms with E-state index < -0.39 is 6.10 Å². The van der Waals surface area contributed by atoms with Crippen molar-refractivity contribution >= 4 is 5.91 Å². The first-order valence-corrected chi connectivity index (χ1v) is 10.4. The fourth-order valence-corrected chi connectivity index (χ4v) is 3.00. The van der Waals surface area contributed by atoms with Crippen molar-refractivity contribution in [2.24, 2.45) is 0 Å². The number of aliphatic hydroxyl groups is 1. The van der Waals surface area contributed by atoms with E-state index in [1.165, 1.54) is 0 Å². The number of rotatable bonds is 13. The summed E-state index contributed by atoms with van der Waals surface area (Å²) >= 11 is 0. The van der Waals surface area contributed by atoms with Crippen molar-refractivity contribution in [1.29, 1.82) is 0 Å². The Bertz CT molecular complexity index is 733. The van der Waals surface area contributed by atoms with Crippen molar-refractivity contribution in [3.63, 3.8) is 0 Å². The molecular weight excluding hydrogens is 382 g/mol. The maximum absolute atomic E-state index is 12.5. The molecule has 0 heterocycles. The number of nitrogens with one attached hydrogen (secondary N) is 1. The number of carbonyl (C=O) groups excluding carboxylic acids is 1. The van der Waals surface area contributed by atoms with Crippen LogP contribution in [0.1, 0.15) is 31.4 Å². The average molecular weight is 416 g/mol. The molecule has 0 saturated heterocycles. The molecule has 1 unspecified atom stereocenters. The molecule has 2 aromatic carbocycles. The number of phenolic OH excluding ortho intramolecular Hbond substituents is 1. The molecule has 1 amide bonds. The number of aryl methyl sites for hydroxylation is 1. The number of phenols is 1. The van der Waals surface area contributed by atoms with Crippen molar-refractivity contribution < 1.29 is 24.5 Å². The van der Waals surface area contributed by atoms with E-state index in [1.807, 2.05) is 49.4 Å². The number of hydrogen-bond donors (Lipinski definition) is 3. The highest BCUT2D eigenvalue weighted by Gasteiger charge is 2.15. The standard InChI is InChI=1S/C24H33NO5/c1-18(26)15-30-19(2)16-29-17-22(14-21-8-11-23(27)12-9-21)25-24(28)13-10-20-6-4-3-5-7-20/h3-9,11-12,18-19,22,26-27H,10,13-17H2,1-2H3,(H,25,28)/t18?,19-,22-/m1/s1. The quantitative estimate of drug-likeness (QED) is 0.468. The molecule has 2 aromatic rings. The van der Waals surface area contributed by atoms with Gasteiger partial charge in [-0.25, -0.2) is 0 Å². The van der Waals surface area contributed by atoms with Crippen LogP contribution < -0.4 is 5.32 Å². The molecule has 0 radical (unpaired) electrons. The topological polar surface area (TPSA) is 88.0 Å². The summed E-state index contributed by atoms with van der Waals surface area (Å²) in [5.74, 6) is 0.187. The van der Waals surface area contributed by atoms with E-state index in [2.05, 4.69) is 5.32 Å². The van der Waals surface area contributed by atoms with Crippen LogP contribution in [0.3, 0.4) is 0 Å². The van der Waals surface area contributed by atoms with Crippen LogP contribution in [0.5, 0.6) is 5.75 Å². The van der Waals surface area contributed by atoms with Gasteiger partial charge < -0.3 is 25.0 Å². The molecule has 0 aromatic heterocycles. The number of hydrogen-bond acceptors (Lipinski definition) is 5. The van der Waals surface area contributed by atoms with E-state index in [1.54, 1.807) is 19.1 Å². The summed E-state index contributed by atoms with van der Waals surface area (Å²) < 4.78 is 11.3. The van der Waals surface area contributed by atoms with Gasteiger partial charge >= 0.3 is 0 Å². The Morgan fingerprint density at radius 2 is 1.67 bits per heavy atom. The lowest BCUT2D eigenvalue weighted by Gasteiger charge is -2.21. The number of benzene rings is 2. The molecule has 0 spiro atoms. The highest BCUT2D eigenvalue weighted by Crippen LogP contribution is 2.12. The van der Waals surface area contributed by atoms with E-state index in [4.69, 9.17) is 9.47 Å². The second-order valence-electron chi connectivity index (χ2n) is 7.65. The van der Waals surface area contributed by atoms with Gasteiger partial charge in [0.1, 0.15) is 5.75 Å². The third-order valence-corrected chi connectivity index (χ3v) is 4.56. The predicted molar refractivity (Wildman–Crippen MR) is 116 cm³/mol. The molecule has 2 rings (SSSR count). The molecule has 30 heavy (non-hydrogen) atoms. The predicted octanol–water partition coefficient (Wildman–Crippen LogP) is 2.85. The van der Waals surface area contributed by atoms with Crippen molar-refractivity contribution in [2.75, 3.05) is 19.8 Å². The van der Waals surface area contributed by atoms with Crippen molar-refractivity contribution in [1.82, 2.24) is 5.32 Å². The lowest BCUT2D eigenvalue weighted by Crippen LogP contribution is -2.40. The molecule has 0 aliphatic heterocycles. The van der Waals surface area contributed by atoms with Crippen LogP contribution >= 0.6 is 0 Å². The first-order valence-electron chi connectivity index (χ1n) is 10.4. The first-order chi connectivity index (χ1) is 14.4. The molecule has 0 aliphatic carbocycles. The normalized spacial score (nSPS) is 14.1. The van der Waals surface area contributed by atoms with Crippen molar-refractivity contribution in [2.45, 2.75) is 51.4 Å². The summed E-state index contributed by atoms with van der Waals surface area (Å²) in [4.78, 5) is 12.5. The lowest BCUT2D eigenvalue weighted by molar-refractivity contribution is -0.122. The van der Waals surface area contributed by atoms with E-state index in [-0.39, 0.29) is 30.4 Å². The summed E-state index contributed by atoms with van der Waals surface area (Å²) in [6, 6.07) is 16.7. The second kappa shape index (κ2) is 13.0. The number of aromatic hydroxyl groups is 1. The molecule has 6 heteroatoms. The molecule has 3 atom stereocenters. The van der Waals surface area contributed by atoms with Gasteiger partial charge in [-0.05, 0) is 49.9 Å². The molecule has 0 fully saturated rings. The molecule has 164 valence electrons. The maximum atomic E-state index is 12.5. The Morgan fingerprint density at radius 1 is 0.967 bits per heavy atom. The highest BCUT2D eigenvalue weighted by atomic mass is 16.5. The van der Waals surface area contributed by atoms with Gasteiger partial charge in [-0.15, -0.1) is 0 Å². The zero-order chi connectivity index (χ0) is 21.8. The maximum Gasteiger partial charge on any atom is 0.220 e. The van der Waals surface area contributed by atoms with Gasteiger partial charge in [0.15, 0.2) is 0 Å². The summed E-state index contributed by atoms with van der Waals surface area (Å²) in [7, 11) is 0. The molecule has 0 aliphatic rings. The van der Waals surface area contributed by atoms with Crippen molar-refractivity contribution in [3.05, 3.63) is 65.7 Å². The van der Waals surface area contributed by atoms with Crippen LogP contribution in [-0.2, 0) is 27.1 Å². The summed E-state index contributed by atoms with van der Waals surface area (Å²) in [6.07, 6.45) is 1.02. The van der Waals surface area contributed by atoms with Crippen LogP contribution in [0, 0.1) is 0 Å². The van der Waals surface area contributed by atoms with Crippen LogP contribution in [0.4, 0.5) is 0 Å². The third kappa shape index (κ3) is 9.87. The fourth-order valence-electron chi connectivity index (χ4n) is 3.00. The van der Waals surface area contributed by atoms with Gasteiger partial charge in [-0.3, -0.25) is 4.79 Å². The fraction of sp³-hybridized carbons (Fsp3) is 0.458. The number of amides is 1. The Labute approximate surface area is 178 Å². The third-order valence-electron chi connectivity index (χ3n) is 4.56. The monoisotopic (exact) mass is 415 g/mol. The largest absolute Gasteiger partial charge is 0.508 e. The average Bonchev–Trinajstić information content (AvgIpc) is 2.73. The Hall–Kier alpha value is -2.41. The van der Waals surface area contributed by atoms with Gasteiger partial charge in [0, 0.05) is 6.42 Å². The smallest absolute Gasteiger partial charge is 0.220 e. The summed E-state index contributed by atoms with van der Waals surface area (Å²) in [6.45, 7) is 4.54. The minimum atomic E-state index is -0.515. The molecular formula is C24H33NO5. The Morgan fingerprint density at radius 3 is 2.33 bits per heavy atom. The summed E-state index contributed by atoms with van der Waals surface area (Å²) in [5.41, 5.74) is 2.13. The number of ether oxygens (including phenoxy) is 2. The van der Waals surface area contributed by atoms with E-state index >= 15 is 0 Å². The van der Waals surface area contributed by atoms with Gasteiger partial charge in [0.2, 0.25) is 5.91 Å². The lowest BCUT2D eigenvalue weighted by atomic mass is 10.1. The first kappa shape index (κ1) is 23.9. The van der Waals surface area contributed by atoms with Crippen LogP contribution in [0.2, 0.25) is 0 Å². The van der Waals surface area contributed by atoms with E-state index in [0.29, 0.717) is 32.5 Å². The zero-order valence-corrected chi connectivity index (χ0v) is 17.8. The van der Waals surface area contributed by atoms with Crippen LogP contribution in [0.25, 0.3) is 0 Å². The zero-order valence-electron chi connectivity index (χ0n) is 17.8. The van der Waals surface area contributed by atoms with Gasteiger partial charge in [-0.1, -0.05) is 42.5 Å². The molecule has 3 N–H and O–H groups in total. The Balaban J connectivity index is 1.86. The number of aliphatic hydroxyl groups excluding tert-OH is 1. The van der Waals surface area contributed by atoms with Gasteiger partial charge in [0.05, 0.1) is 38.1 Å². The van der Waals surface area contributed by atoms with Crippen LogP contribution in [-0.4, -0.2) is 54.2 Å². The minimum absolute atomic E-state index is 0.0235. The summed E-state index contributed by atoms with van der Waals surface area (Å²) in [5, 5.41) is 21.8. The van der Waals surface area contributed by atoms with Crippen molar-refractivity contribution in [3.8, 4) is 5.75 Å². The van der Waals surface area contributed by atoms with Gasteiger partial charge in [-0.2, -0.15) is 0 Å². The Kier molecular flexibility index (Phi) is 10.3. The highest BCUT2D eigenvalue weighted by molar-refractivity contribution is 5.76. The molecule has 6 nitrogen and oxygen atoms in total. The molecule has 0 bridgehead atoms. The SMILES string of the molecule is CC(O)CO[C@H](C)COC[C@@H](Cc1ccc(O)cc1)NC(=O)CCc1ccccc1. The second-order valence-corrected chi connectivity index (χ2v) is 7.65. The van der Waals surface area contributed by atoms with E-state index in [9.17, 15) is 15.0 Å². The minimum Gasteiger partial charge on any atom is -0.508 e. The van der Waals surface area contributed by atoms with Gasteiger partial charge in [0.25, 0.3) is 0 Å². The van der Waals surface area contributed by atoms with E-state index in [0.717, 1.165) is 11.1 Å². The number of carbonyl (C=O) groups is 1. The molecule has 0 saturated carbocycles.